The molecular formula is C15H19F2N3. The predicted molar refractivity (Wildman–Crippen MR) is 74.3 cm³/mol. The minimum atomic E-state index is -0.809. The van der Waals surface area contributed by atoms with Crippen molar-refractivity contribution in [1.82, 2.24) is 14.9 Å². The largest absolute Gasteiger partial charge is 0.337 e. The fourth-order valence-corrected chi connectivity index (χ4v) is 2.21. The van der Waals surface area contributed by atoms with Gasteiger partial charge in [0.15, 0.2) is 11.6 Å². The average molecular weight is 279 g/mol. The maximum absolute atomic E-state index is 13.8. The summed E-state index contributed by atoms with van der Waals surface area (Å²) in [7, 11) is 1.89. The summed E-state index contributed by atoms with van der Waals surface area (Å²) in [4.78, 5) is 4.30. The molecule has 3 nitrogen and oxygen atoms in total. The van der Waals surface area contributed by atoms with Crippen LogP contribution in [0.15, 0.2) is 30.6 Å². The van der Waals surface area contributed by atoms with E-state index < -0.39 is 11.6 Å². The van der Waals surface area contributed by atoms with Gasteiger partial charge in [-0.2, -0.15) is 0 Å². The summed E-state index contributed by atoms with van der Waals surface area (Å²) in [5.74, 6) is -0.760. The number of aryl methyl sites for hydroxylation is 1. The molecule has 1 atom stereocenters. The third-order valence-electron chi connectivity index (χ3n) is 3.27. The fraction of sp³-hybridized carbons (Fsp3) is 0.400. The molecule has 108 valence electrons. The summed E-state index contributed by atoms with van der Waals surface area (Å²) < 4.78 is 29.0. The molecule has 0 aliphatic carbocycles. The van der Waals surface area contributed by atoms with Gasteiger partial charge in [-0.1, -0.05) is 19.1 Å². The highest BCUT2D eigenvalue weighted by Gasteiger charge is 2.18. The summed E-state index contributed by atoms with van der Waals surface area (Å²) in [5.41, 5.74) is 0.363. The summed E-state index contributed by atoms with van der Waals surface area (Å²) in [6.45, 7) is 2.86. The summed E-state index contributed by atoms with van der Waals surface area (Å²) in [6.07, 6.45) is 4.89. The van der Waals surface area contributed by atoms with Gasteiger partial charge in [0.25, 0.3) is 0 Å². The van der Waals surface area contributed by atoms with E-state index in [-0.39, 0.29) is 6.04 Å². The van der Waals surface area contributed by atoms with Gasteiger partial charge in [-0.25, -0.2) is 13.8 Å². The van der Waals surface area contributed by atoms with Crippen molar-refractivity contribution in [3.63, 3.8) is 0 Å². The molecule has 0 saturated heterocycles. The van der Waals surface area contributed by atoms with Crippen LogP contribution >= 0.6 is 0 Å². The van der Waals surface area contributed by atoms with Crippen LogP contribution in [0, 0.1) is 11.6 Å². The molecule has 0 aliphatic rings. The molecular weight excluding hydrogens is 260 g/mol. The third kappa shape index (κ3) is 3.22. The molecule has 0 bridgehead atoms. The van der Waals surface area contributed by atoms with Gasteiger partial charge >= 0.3 is 0 Å². The number of imidazole rings is 1. The Kier molecular flexibility index (Phi) is 4.84. The minimum Gasteiger partial charge on any atom is -0.337 e. The predicted octanol–water partition coefficient (Wildman–Crippen LogP) is 2.98. The zero-order valence-electron chi connectivity index (χ0n) is 11.7. The molecule has 20 heavy (non-hydrogen) atoms. The fourth-order valence-electron chi connectivity index (χ4n) is 2.21. The van der Waals surface area contributed by atoms with Gasteiger partial charge in [0, 0.05) is 19.4 Å². The van der Waals surface area contributed by atoms with Crippen LogP contribution in [-0.4, -0.2) is 16.1 Å². The van der Waals surface area contributed by atoms with E-state index in [1.165, 1.54) is 6.07 Å². The van der Waals surface area contributed by atoms with E-state index >= 15 is 0 Å². The Labute approximate surface area is 117 Å². The number of benzene rings is 1. The van der Waals surface area contributed by atoms with Crippen molar-refractivity contribution in [1.29, 1.82) is 0 Å². The van der Waals surface area contributed by atoms with Crippen molar-refractivity contribution in [2.24, 2.45) is 7.05 Å². The molecule has 1 aromatic carbocycles. The van der Waals surface area contributed by atoms with Crippen LogP contribution in [0.1, 0.15) is 30.8 Å². The van der Waals surface area contributed by atoms with Crippen LogP contribution < -0.4 is 5.32 Å². The monoisotopic (exact) mass is 279 g/mol. The second kappa shape index (κ2) is 6.61. The van der Waals surface area contributed by atoms with E-state index in [0.717, 1.165) is 24.9 Å². The molecule has 0 fully saturated rings. The number of aromatic nitrogens is 2. The van der Waals surface area contributed by atoms with Gasteiger partial charge in [0.2, 0.25) is 0 Å². The molecule has 2 aromatic rings. The van der Waals surface area contributed by atoms with Gasteiger partial charge < -0.3 is 9.88 Å². The molecule has 0 spiro atoms. The van der Waals surface area contributed by atoms with E-state index in [2.05, 4.69) is 17.2 Å². The lowest BCUT2D eigenvalue weighted by Gasteiger charge is -2.19. The number of nitrogens with one attached hydrogen (secondary N) is 1. The third-order valence-corrected chi connectivity index (χ3v) is 3.27. The molecule has 0 amide bonds. The van der Waals surface area contributed by atoms with Gasteiger partial charge in [-0.15, -0.1) is 0 Å². The Hall–Kier alpha value is -1.75. The van der Waals surface area contributed by atoms with Gasteiger partial charge in [-0.3, -0.25) is 0 Å². The van der Waals surface area contributed by atoms with Crippen molar-refractivity contribution >= 4 is 0 Å². The van der Waals surface area contributed by atoms with E-state index in [0.29, 0.717) is 12.0 Å². The number of halogens is 2. The van der Waals surface area contributed by atoms with Crippen LogP contribution in [-0.2, 0) is 13.5 Å². The molecule has 1 N–H and O–H groups in total. The summed E-state index contributed by atoms with van der Waals surface area (Å²) >= 11 is 0. The van der Waals surface area contributed by atoms with E-state index in [1.54, 1.807) is 12.3 Å². The number of rotatable bonds is 6. The first-order chi connectivity index (χ1) is 9.63. The Morgan fingerprint density at radius 3 is 2.80 bits per heavy atom. The first-order valence-corrected chi connectivity index (χ1v) is 6.77. The molecule has 0 aliphatic heterocycles. The van der Waals surface area contributed by atoms with Gasteiger partial charge in [0.1, 0.15) is 5.82 Å². The first kappa shape index (κ1) is 14.7. The normalized spacial score (nSPS) is 12.6. The minimum absolute atomic E-state index is 0.133. The van der Waals surface area contributed by atoms with Crippen molar-refractivity contribution in [2.45, 2.75) is 25.8 Å². The number of hydrogen-bond donors (Lipinski definition) is 1. The molecule has 1 unspecified atom stereocenters. The van der Waals surface area contributed by atoms with Gasteiger partial charge in [0.05, 0.1) is 6.04 Å². The van der Waals surface area contributed by atoms with Crippen molar-refractivity contribution in [3.8, 4) is 0 Å². The van der Waals surface area contributed by atoms with Crippen molar-refractivity contribution < 1.29 is 8.78 Å². The Morgan fingerprint density at radius 1 is 1.35 bits per heavy atom. The van der Waals surface area contributed by atoms with Crippen LogP contribution in [0.5, 0.6) is 0 Å². The van der Waals surface area contributed by atoms with E-state index in [4.69, 9.17) is 0 Å². The summed E-state index contributed by atoms with van der Waals surface area (Å²) in [6, 6.07) is 4.14. The molecule has 0 radical (unpaired) electrons. The average Bonchev–Trinajstić information content (AvgIpc) is 2.85. The zero-order valence-corrected chi connectivity index (χ0v) is 11.7. The van der Waals surface area contributed by atoms with Gasteiger partial charge in [-0.05, 0) is 31.0 Å². The molecule has 2 rings (SSSR count). The quantitative estimate of drug-likeness (QED) is 0.881. The maximum atomic E-state index is 13.8. The van der Waals surface area contributed by atoms with Crippen LogP contribution in [0.3, 0.4) is 0 Å². The number of hydrogen-bond acceptors (Lipinski definition) is 2. The molecule has 0 saturated carbocycles. The first-order valence-electron chi connectivity index (χ1n) is 6.77. The maximum Gasteiger partial charge on any atom is 0.162 e. The smallest absolute Gasteiger partial charge is 0.162 e. The topological polar surface area (TPSA) is 29.9 Å². The van der Waals surface area contributed by atoms with Crippen LogP contribution in [0.25, 0.3) is 0 Å². The lowest BCUT2D eigenvalue weighted by molar-refractivity contribution is 0.461. The lowest BCUT2D eigenvalue weighted by atomic mass is 10.0. The standard InChI is InChI=1S/C15H19F2N3/c1-3-7-18-13(15-19-8-9-20(15)2)10-11-5-4-6-12(16)14(11)17/h4-6,8-9,13,18H,3,7,10H2,1-2H3. The van der Waals surface area contributed by atoms with Crippen molar-refractivity contribution in [3.05, 3.63) is 53.6 Å². The van der Waals surface area contributed by atoms with Crippen LogP contribution in [0.4, 0.5) is 8.78 Å². The Balaban J connectivity index is 2.24. The van der Waals surface area contributed by atoms with Crippen molar-refractivity contribution in [2.75, 3.05) is 6.54 Å². The molecule has 5 heteroatoms. The second-order valence-electron chi connectivity index (χ2n) is 4.82. The second-order valence-corrected chi connectivity index (χ2v) is 4.82. The zero-order chi connectivity index (χ0) is 14.5. The highest BCUT2D eigenvalue weighted by atomic mass is 19.2. The molecule has 1 aromatic heterocycles. The summed E-state index contributed by atoms with van der Waals surface area (Å²) in [5, 5.41) is 3.34. The van der Waals surface area contributed by atoms with E-state index in [9.17, 15) is 8.78 Å². The molecule has 1 heterocycles. The van der Waals surface area contributed by atoms with E-state index in [1.807, 2.05) is 17.8 Å². The Morgan fingerprint density at radius 2 is 2.15 bits per heavy atom. The Bertz CT molecular complexity index is 566. The number of nitrogens with zero attached hydrogens (tertiary/aromatic N) is 2. The van der Waals surface area contributed by atoms with Crippen LogP contribution in [0.2, 0.25) is 0 Å². The highest BCUT2D eigenvalue weighted by Crippen LogP contribution is 2.20. The SMILES string of the molecule is CCCNC(Cc1cccc(F)c1F)c1nccn1C. The highest BCUT2D eigenvalue weighted by molar-refractivity contribution is 5.21. The lowest BCUT2D eigenvalue weighted by Crippen LogP contribution is -2.27.